The Hall–Kier alpha value is -1.20. The lowest BCUT2D eigenvalue weighted by atomic mass is 9.96. The van der Waals surface area contributed by atoms with Crippen molar-refractivity contribution in [2.45, 2.75) is 18.2 Å². The van der Waals surface area contributed by atoms with Crippen molar-refractivity contribution in [2.24, 2.45) is 4.99 Å². The first kappa shape index (κ1) is 13.2. The summed E-state index contributed by atoms with van der Waals surface area (Å²) in [5, 5.41) is 2.06. The summed E-state index contributed by atoms with van der Waals surface area (Å²) >= 11 is 9.10. The Morgan fingerprint density at radius 2 is 2.17 bits per heavy atom. The highest BCUT2D eigenvalue weighted by molar-refractivity contribution is 9.10. The maximum Gasteiger partial charge on any atom is 0.264 e. The molecule has 0 saturated heterocycles. The lowest BCUT2D eigenvalue weighted by molar-refractivity contribution is -0.129. The van der Waals surface area contributed by atoms with Crippen molar-refractivity contribution < 1.29 is 9.59 Å². The summed E-state index contributed by atoms with van der Waals surface area (Å²) in [4.78, 5) is 27.7. The molecule has 1 N–H and O–H groups in total. The van der Waals surface area contributed by atoms with E-state index < -0.39 is 23.1 Å². The zero-order chi connectivity index (χ0) is 13.3. The number of amidine groups is 1. The van der Waals surface area contributed by atoms with Crippen LogP contribution in [0.25, 0.3) is 0 Å². The van der Waals surface area contributed by atoms with Crippen molar-refractivity contribution in [1.29, 1.82) is 0 Å². The molecular weight excluding hydrogens is 320 g/mol. The second-order valence-corrected chi connectivity index (χ2v) is 5.50. The highest BCUT2D eigenvalue weighted by Crippen LogP contribution is 2.24. The molecule has 2 rings (SSSR count). The van der Waals surface area contributed by atoms with Gasteiger partial charge in [0.2, 0.25) is 5.91 Å². The summed E-state index contributed by atoms with van der Waals surface area (Å²) in [5.74, 6) is -1.57. The van der Waals surface area contributed by atoms with Crippen LogP contribution in [0.2, 0.25) is 0 Å². The Bertz CT molecular complexity index is 543. The molecule has 0 fully saturated rings. The largest absolute Gasteiger partial charge is 0.312 e. The number of aliphatic imine (C=N–C) groups is 1. The van der Waals surface area contributed by atoms with E-state index in [4.69, 9.17) is 11.6 Å². The summed E-state index contributed by atoms with van der Waals surface area (Å²) in [6.45, 7) is 1.65. The van der Waals surface area contributed by atoms with E-state index in [0.29, 0.717) is 5.56 Å². The molecule has 0 saturated carbocycles. The van der Waals surface area contributed by atoms with E-state index >= 15 is 0 Å². The summed E-state index contributed by atoms with van der Waals surface area (Å²) in [5.41, 5.74) is 0.608. The summed E-state index contributed by atoms with van der Waals surface area (Å²) < 4.78 is 0.807. The highest BCUT2D eigenvalue weighted by Gasteiger charge is 2.34. The van der Waals surface area contributed by atoms with Crippen molar-refractivity contribution >= 4 is 45.2 Å². The van der Waals surface area contributed by atoms with Crippen LogP contribution in [0.4, 0.5) is 0 Å². The van der Waals surface area contributed by atoms with Crippen LogP contribution in [0.15, 0.2) is 33.7 Å². The van der Waals surface area contributed by atoms with Gasteiger partial charge < -0.3 is 5.32 Å². The molecule has 6 heteroatoms. The van der Waals surface area contributed by atoms with E-state index in [1.807, 2.05) is 6.07 Å². The van der Waals surface area contributed by atoms with E-state index in [1.54, 1.807) is 25.1 Å². The fourth-order valence-electron chi connectivity index (χ4n) is 1.69. The molecule has 18 heavy (non-hydrogen) atoms. The Morgan fingerprint density at radius 1 is 1.44 bits per heavy atom. The van der Waals surface area contributed by atoms with Gasteiger partial charge in [-0.05, 0) is 24.6 Å². The lowest BCUT2D eigenvalue weighted by Crippen LogP contribution is -2.45. The van der Waals surface area contributed by atoms with E-state index in [0.717, 1.165) is 4.47 Å². The van der Waals surface area contributed by atoms with E-state index in [9.17, 15) is 9.59 Å². The number of alkyl halides is 1. The molecule has 0 spiro atoms. The number of hydrogen-bond acceptors (Lipinski definition) is 2. The molecule has 0 aromatic heterocycles. The Kier molecular flexibility index (Phi) is 3.82. The van der Waals surface area contributed by atoms with Crippen LogP contribution in [0.5, 0.6) is 0 Å². The van der Waals surface area contributed by atoms with E-state index in [2.05, 4.69) is 26.2 Å². The SMILES string of the molecule is CC(Cl)C1=NC(=O)C(c2cccc(Br)c2)C(=O)N1. The van der Waals surface area contributed by atoms with E-state index in [-0.39, 0.29) is 5.84 Å². The predicted octanol–water partition coefficient (Wildman–Crippen LogP) is 2.21. The number of nitrogens with zero attached hydrogens (tertiary/aromatic N) is 1. The molecular formula is C12H10BrClN2O2. The van der Waals surface area contributed by atoms with Crippen molar-refractivity contribution in [3.8, 4) is 0 Å². The van der Waals surface area contributed by atoms with Gasteiger partial charge in [-0.25, -0.2) is 0 Å². The van der Waals surface area contributed by atoms with Gasteiger partial charge in [-0.2, -0.15) is 4.99 Å². The fourth-order valence-corrected chi connectivity index (χ4v) is 2.21. The van der Waals surface area contributed by atoms with Crippen LogP contribution in [0.3, 0.4) is 0 Å². The second-order valence-electron chi connectivity index (χ2n) is 3.93. The van der Waals surface area contributed by atoms with E-state index in [1.165, 1.54) is 0 Å². The molecule has 0 bridgehead atoms. The Balaban J connectivity index is 2.36. The predicted molar refractivity (Wildman–Crippen MR) is 72.8 cm³/mol. The van der Waals surface area contributed by atoms with Gasteiger partial charge in [0, 0.05) is 4.47 Å². The van der Waals surface area contributed by atoms with Gasteiger partial charge in [0.1, 0.15) is 11.8 Å². The van der Waals surface area contributed by atoms with Crippen LogP contribution in [-0.4, -0.2) is 23.0 Å². The molecule has 1 aromatic rings. The Labute approximate surface area is 118 Å². The molecule has 1 aliphatic heterocycles. The van der Waals surface area contributed by atoms with Gasteiger partial charge in [0.15, 0.2) is 0 Å². The zero-order valence-electron chi connectivity index (χ0n) is 9.48. The first-order chi connectivity index (χ1) is 8.49. The summed E-state index contributed by atoms with van der Waals surface area (Å²) in [6.07, 6.45) is 0. The van der Waals surface area contributed by atoms with Gasteiger partial charge in [0.25, 0.3) is 5.91 Å². The third-order valence-electron chi connectivity index (χ3n) is 2.55. The molecule has 2 amide bonds. The Morgan fingerprint density at radius 3 is 2.72 bits per heavy atom. The smallest absolute Gasteiger partial charge is 0.264 e. The molecule has 1 aliphatic rings. The molecule has 1 aromatic carbocycles. The van der Waals surface area contributed by atoms with Crippen molar-refractivity contribution in [3.05, 3.63) is 34.3 Å². The fraction of sp³-hybridized carbons (Fsp3) is 0.250. The highest BCUT2D eigenvalue weighted by atomic mass is 79.9. The van der Waals surface area contributed by atoms with Crippen molar-refractivity contribution in [2.75, 3.05) is 0 Å². The normalized spacial score (nSPS) is 21.3. The molecule has 2 atom stereocenters. The summed E-state index contributed by atoms with van der Waals surface area (Å²) in [6, 6.07) is 7.04. The molecule has 2 unspecified atom stereocenters. The van der Waals surface area contributed by atoms with Crippen molar-refractivity contribution in [1.82, 2.24) is 5.32 Å². The number of amides is 2. The van der Waals surface area contributed by atoms with Gasteiger partial charge in [-0.1, -0.05) is 28.1 Å². The zero-order valence-corrected chi connectivity index (χ0v) is 11.8. The van der Waals surface area contributed by atoms with Gasteiger partial charge >= 0.3 is 0 Å². The molecule has 1 heterocycles. The third-order valence-corrected chi connectivity index (χ3v) is 3.25. The minimum absolute atomic E-state index is 0.206. The van der Waals surface area contributed by atoms with Crippen LogP contribution in [-0.2, 0) is 9.59 Å². The lowest BCUT2D eigenvalue weighted by Gasteiger charge is -2.21. The quantitative estimate of drug-likeness (QED) is 0.668. The average molecular weight is 330 g/mol. The summed E-state index contributed by atoms with van der Waals surface area (Å²) in [7, 11) is 0. The molecule has 0 aliphatic carbocycles. The number of nitrogens with one attached hydrogen (secondary N) is 1. The minimum atomic E-state index is -0.901. The number of benzene rings is 1. The first-order valence-corrected chi connectivity index (χ1v) is 6.55. The first-order valence-electron chi connectivity index (χ1n) is 5.32. The van der Waals surface area contributed by atoms with Crippen LogP contribution in [0, 0.1) is 0 Å². The number of carbonyl (C=O) groups is 2. The number of rotatable bonds is 2. The maximum atomic E-state index is 11.9. The second kappa shape index (κ2) is 5.20. The standard InChI is InChI=1S/C12H10BrClN2O2/c1-6(14)10-15-11(17)9(12(18)16-10)7-3-2-4-8(13)5-7/h2-6,9H,1H3,(H,15,16,17,18). The van der Waals surface area contributed by atoms with Crippen molar-refractivity contribution in [3.63, 3.8) is 0 Å². The van der Waals surface area contributed by atoms with Gasteiger partial charge in [-0.3, -0.25) is 9.59 Å². The molecule has 94 valence electrons. The van der Waals surface area contributed by atoms with Crippen LogP contribution >= 0.6 is 27.5 Å². The number of carbonyl (C=O) groups excluding carboxylic acids is 2. The van der Waals surface area contributed by atoms with Crippen LogP contribution < -0.4 is 5.32 Å². The topological polar surface area (TPSA) is 58.5 Å². The maximum absolute atomic E-state index is 11.9. The monoisotopic (exact) mass is 328 g/mol. The molecule has 0 radical (unpaired) electrons. The molecule has 4 nitrogen and oxygen atoms in total. The third kappa shape index (κ3) is 2.62. The average Bonchev–Trinajstić information content (AvgIpc) is 2.27. The van der Waals surface area contributed by atoms with Crippen LogP contribution in [0.1, 0.15) is 18.4 Å². The van der Waals surface area contributed by atoms with Gasteiger partial charge in [-0.15, -0.1) is 11.6 Å². The number of hydrogen-bond donors (Lipinski definition) is 1. The van der Waals surface area contributed by atoms with Gasteiger partial charge in [0.05, 0.1) is 5.38 Å². The number of halogens is 2. The minimum Gasteiger partial charge on any atom is -0.312 e.